The van der Waals surface area contributed by atoms with Gasteiger partial charge in [0.05, 0.1) is 24.8 Å². The Morgan fingerprint density at radius 1 is 1.42 bits per heavy atom. The molecule has 0 bridgehead atoms. The van der Waals surface area contributed by atoms with Gasteiger partial charge >= 0.3 is 0 Å². The van der Waals surface area contributed by atoms with Crippen LogP contribution in [0.1, 0.15) is 16.7 Å². The normalized spacial score (nSPS) is 14.9. The van der Waals surface area contributed by atoms with Crippen molar-refractivity contribution in [2.24, 2.45) is 0 Å². The summed E-state index contributed by atoms with van der Waals surface area (Å²) < 4.78 is 5.23. The first-order valence-electron chi connectivity index (χ1n) is 3.84. The number of ether oxygens (including phenoxy) is 1. The zero-order valence-electron chi connectivity index (χ0n) is 6.58. The molecule has 12 heavy (non-hydrogen) atoms. The SMILES string of the molecule is N#Cc1ccc2c(c1)COC[CH]2. The zero-order chi connectivity index (χ0) is 8.39. The average Bonchev–Trinajstić information content (AvgIpc) is 2.17. The van der Waals surface area contributed by atoms with E-state index in [0.29, 0.717) is 18.8 Å². The third-order valence-electron chi connectivity index (χ3n) is 1.95. The minimum absolute atomic E-state index is 0.626. The second kappa shape index (κ2) is 2.96. The molecule has 1 aliphatic rings. The van der Waals surface area contributed by atoms with Crippen LogP contribution >= 0.6 is 0 Å². The highest BCUT2D eigenvalue weighted by Crippen LogP contribution is 2.18. The van der Waals surface area contributed by atoms with Crippen LogP contribution in [0.4, 0.5) is 0 Å². The first kappa shape index (κ1) is 7.33. The molecule has 1 aliphatic heterocycles. The lowest BCUT2D eigenvalue weighted by atomic mass is 10.0. The molecular weight excluding hydrogens is 150 g/mol. The minimum atomic E-state index is 0.626. The Kier molecular flexibility index (Phi) is 1.81. The molecule has 1 heterocycles. The maximum atomic E-state index is 8.64. The fourth-order valence-corrected chi connectivity index (χ4v) is 1.32. The smallest absolute Gasteiger partial charge is 0.0991 e. The van der Waals surface area contributed by atoms with Gasteiger partial charge in [0.1, 0.15) is 0 Å². The van der Waals surface area contributed by atoms with Crippen LogP contribution in [-0.2, 0) is 11.3 Å². The van der Waals surface area contributed by atoms with Crippen molar-refractivity contribution < 1.29 is 4.74 Å². The van der Waals surface area contributed by atoms with Gasteiger partial charge in [0.25, 0.3) is 0 Å². The Labute approximate surface area is 71.4 Å². The van der Waals surface area contributed by atoms with Gasteiger partial charge in [-0.3, -0.25) is 0 Å². The van der Waals surface area contributed by atoms with Crippen molar-refractivity contribution in [3.63, 3.8) is 0 Å². The van der Waals surface area contributed by atoms with E-state index in [9.17, 15) is 0 Å². The van der Waals surface area contributed by atoms with Crippen LogP contribution in [0.3, 0.4) is 0 Å². The Hall–Kier alpha value is -1.33. The van der Waals surface area contributed by atoms with Crippen molar-refractivity contribution in [2.45, 2.75) is 6.61 Å². The van der Waals surface area contributed by atoms with Crippen molar-refractivity contribution >= 4 is 0 Å². The molecule has 0 spiro atoms. The highest BCUT2D eigenvalue weighted by molar-refractivity contribution is 5.41. The summed E-state index contributed by atoms with van der Waals surface area (Å²) in [5.74, 6) is 0. The largest absolute Gasteiger partial charge is 0.376 e. The first-order chi connectivity index (χ1) is 5.90. The first-order valence-corrected chi connectivity index (χ1v) is 3.84. The summed E-state index contributed by atoms with van der Waals surface area (Å²) in [6.07, 6.45) is 2.03. The van der Waals surface area contributed by atoms with Crippen LogP contribution in [-0.4, -0.2) is 6.61 Å². The number of nitrogens with zero attached hydrogens (tertiary/aromatic N) is 1. The third kappa shape index (κ3) is 1.19. The van der Waals surface area contributed by atoms with Gasteiger partial charge in [0, 0.05) is 6.42 Å². The second-order valence-electron chi connectivity index (χ2n) is 2.74. The Balaban J connectivity index is 2.44. The minimum Gasteiger partial charge on any atom is -0.376 e. The van der Waals surface area contributed by atoms with Gasteiger partial charge in [-0.15, -0.1) is 0 Å². The molecule has 1 aromatic rings. The van der Waals surface area contributed by atoms with Crippen LogP contribution < -0.4 is 0 Å². The Morgan fingerprint density at radius 3 is 3.17 bits per heavy atom. The summed E-state index contributed by atoms with van der Waals surface area (Å²) in [5.41, 5.74) is 3.01. The predicted octanol–water partition coefficient (Wildman–Crippen LogP) is 1.64. The molecule has 2 heteroatoms. The van der Waals surface area contributed by atoms with E-state index in [-0.39, 0.29) is 0 Å². The summed E-state index contributed by atoms with van der Waals surface area (Å²) in [5, 5.41) is 8.64. The molecule has 0 fully saturated rings. The molecule has 59 valence electrons. The van der Waals surface area contributed by atoms with Crippen molar-refractivity contribution in [1.29, 1.82) is 5.26 Å². The number of fused-ring (bicyclic) bond motifs is 1. The van der Waals surface area contributed by atoms with E-state index in [1.54, 1.807) is 0 Å². The van der Waals surface area contributed by atoms with E-state index in [4.69, 9.17) is 10.00 Å². The van der Waals surface area contributed by atoms with E-state index in [2.05, 4.69) is 6.07 Å². The van der Waals surface area contributed by atoms with Crippen LogP contribution in [0.2, 0.25) is 0 Å². The van der Waals surface area contributed by atoms with E-state index in [0.717, 1.165) is 5.56 Å². The lowest BCUT2D eigenvalue weighted by Crippen LogP contribution is -2.07. The van der Waals surface area contributed by atoms with Gasteiger partial charge in [0.15, 0.2) is 0 Å². The van der Waals surface area contributed by atoms with Crippen LogP contribution in [0, 0.1) is 17.8 Å². The molecule has 2 nitrogen and oxygen atoms in total. The van der Waals surface area contributed by atoms with Gasteiger partial charge in [0.2, 0.25) is 0 Å². The summed E-state index contributed by atoms with van der Waals surface area (Å²) in [6.45, 7) is 1.31. The van der Waals surface area contributed by atoms with Crippen molar-refractivity contribution in [1.82, 2.24) is 0 Å². The quantitative estimate of drug-likeness (QED) is 0.575. The summed E-state index contributed by atoms with van der Waals surface area (Å²) in [7, 11) is 0. The topological polar surface area (TPSA) is 33.0 Å². The average molecular weight is 158 g/mol. The van der Waals surface area contributed by atoms with Gasteiger partial charge in [-0.2, -0.15) is 5.26 Å². The van der Waals surface area contributed by atoms with Crippen molar-refractivity contribution in [2.75, 3.05) is 6.61 Å². The number of hydrogen-bond acceptors (Lipinski definition) is 2. The fraction of sp³-hybridized carbons (Fsp3) is 0.200. The van der Waals surface area contributed by atoms with E-state index >= 15 is 0 Å². The maximum Gasteiger partial charge on any atom is 0.0991 e. The van der Waals surface area contributed by atoms with Gasteiger partial charge < -0.3 is 4.74 Å². The zero-order valence-corrected chi connectivity index (χ0v) is 6.58. The number of hydrogen-bond donors (Lipinski definition) is 0. The van der Waals surface area contributed by atoms with E-state index in [1.807, 2.05) is 24.6 Å². The Bertz CT molecular complexity index is 338. The fourth-order valence-electron chi connectivity index (χ4n) is 1.32. The van der Waals surface area contributed by atoms with E-state index in [1.165, 1.54) is 5.56 Å². The van der Waals surface area contributed by atoms with Crippen molar-refractivity contribution in [3.8, 4) is 6.07 Å². The molecule has 0 saturated heterocycles. The standard InChI is InChI=1S/C10H8NO/c11-6-8-1-2-9-3-4-12-7-10(9)5-8/h1-3,5H,4,7H2. The monoisotopic (exact) mass is 158 g/mol. The molecule has 0 saturated carbocycles. The predicted molar refractivity (Wildman–Crippen MR) is 44.2 cm³/mol. The van der Waals surface area contributed by atoms with Crippen LogP contribution in [0.5, 0.6) is 0 Å². The lowest BCUT2D eigenvalue weighted by Gasteiger charge is -2.15. The maximum absolute atomic E-state index is 8.64. The summed E-state index contributed by atoms with van der Waals surface area (Å²) in [4.78, 5) is 0. The van der Waals surface area contributed by atoms with Gasteiger partial charge in [-0.05, 0) is 23.3 Å². The molecule has 1 radical (unpaired) electrons. The molecule has 0 amide bonds. The number of benzene rings is 1. The molecule has 0 aromatic heterocycles. The molecular formula is C10H8NO. The lowest BCUT2D eigenvalue weighted by molar-refractivity contribution is 0.132. The van der Waals surface area contributed by atoms with Crippen LogP contribution in [0.25, 0.3) is 0 Å². The van der Waals surface area contributed by atoms with Crippen LogP contribution in [0.15, 0.2) is 18.2 Å². The second-order valence-corrected chi connectivity index (χ2v) is 2.74. The summed E-state index contributed by atoms with van der Waals surface area (Å²) in [6, 6.07) is 7.79. The molecule has 0 unspecified atom stereocenters. The molecule has 0 N–H and O–H groups in total. The number of nitriles is 1. The highest BCUT2D eigenvalue weighted by atomic mass is 16.5. The number of rotatable bonds is 0. The van der Waals surface area contributed by atoms with Gasteiger partial charge in [-0.25, -0.2) is 0 Å². The summed E-state index contributed by atoms with van der Waals surface area (Å²) >= 11 is 0. The highest BCUT2D eigenvalue weighted by Gasteiger charge is 2.09. The molecule has 1 aromatic carbocycles. The third-order valence-corrected chi connectivity index (χ3v) is 1.95. The molecule has 2 rings (SSSR count). The van der Waals surface area contributed by atoms with E-state index < -0.39 is 0 Å². The molecule has 0 aliphatic carbocycles. The molecule has 0 atom stereocenters. The van der Waals surface area contributed by atoms with Crippen molar-refractivity contribution in [3.05, 3.63) is 41.3 Å². The van der Waals surface area contributed by atoms with Gasteiger partial charge in [-0.1, -0.05) is 6.07 Å². The Morgan fingerprint density at radius 2 is 2.33 bits per heavy atom.